The van der Waals surface area contributed by atoms with Gasteiger partial charge in [0.2, 0.25) is 0 Å². The minimum Gasteiger partial charge on any atom is -0.497 e. The molecule has 0 aliphatic carbocycles. The zero-order valence-corrected chi connectivity index (χ0v) is 14.6. The largest absolute Gasteiger partial charge is 0.497 e. The minimum absolute atomic E-state index is 0.162. The summed E-state index contributed by atoms with van der Waals surface area (Å²) in [5, 5.41) is 9.87. The van der Waals surface area contributed by atoms with Crippen LogP contribution in [0.2, 0.25) is 0 Å². The third kappa shape index (κ3) is 3.36. The normalized spacial score (nSPS) is 10.6. The first-order valence-corrected chi connectivity index (χ1v) is 8.70. The molecule has 124 valence electrons. The number of benzene rings is 2. The Kier molecular flexibility index (Phi) is 5.01. The average Bonchev–Trinajstić information content (AvgIpc) is 3.15. The van der Waals surface area contributed by atoms with Crippen molar-refractivity contribution in [3.63, 3.8) is 0 Å². The first-order valence-electron chi connectivity index (χ1n) is 7.82. The number of hydrogen-bond acceptors (Lipinski definition) is 3. The molecule has 3 rings (SSSR count). The molecule has 1 heterocycles. The number of carbonyl (C=O) groups excluding carboxylic acids is 1. The molecule has 0 radical (unpaired) electrons. The maximum Gasteiger partial charge on any atom is 0.314 e. The zero-order valence-electron chi connectivity index (χ0n) is 13.8. The van der Waals surface area contributed by atoms with E-state index in [2.05, 4.69) is 52.4 Å². The summed E-state index contributed by atoms with van der Waals surface area (Å²) in [6, 6.07) is 14.4. The first kappa shape index (κ1) is 16.3. The number of nitrogens with one attached hydrogen (secondary N) is 2. The van der Waals surface area contributed by atoms with Crippen molar-refractivity contribution in [2.75, 3.05) is 20.7 Å². The standard InChI is InChI=1S/C19H20N2O2S/c1-20-19(22)21-10-9-15-16(18-4-3-11-24-18)8-6-13-5-7-14(23-2)12-17(13)15/h3-8,11-12H,9-10H2,1-2H3,(H2,20,21,22). The number of carbonyl (C=O) groups is 1. The highest BCUT2D eigenvalue weighted by molar-refractivity contribution is 7.13. The van der Waals surface area contributed by atoms with Gasteiger partial charge in [-0.25, -0.2) is 4.79 Å². The molecule has 0 atom stereocenters. The summed E-state index contributed by atoms with van der Waals surface area (Å²) in [5.41, 5.74) is 2.44. The highest BCUT2D eigenvalue weighted by Crippen LogP contribution is 2.34. The Labute approximate surface area is 145 Å². The monoisotopic (exact) mass is 340 g/mol. The summed E-state index contributed by atoms with van der Waals surface area (Å²) in [7, 11) is 3.30. The van der Waals surface area contributed by atoms with Crippen molar-refractivity contribution in [2.24, 2.45) is 0 Å². The fraction of sp³-hybridized carbons (Fsp3) is 0.211. The van der Waals surface area contributed by atoms with Gasteiger partial charge in [-0.15, -0.1) is 11.3 Å². The van der Waals surface area contributed by atoms with E-state index in [-0.39, 0.29) is 6.03 Å². The zero-order chi connectivity index (χ0) is 16.9. The third-order valence-corrected chi connectivity index (χ3v) is 4.92. The van der Waals surface area contributed by atoms with E-state index < -0.39 is 0 Å². The molecule has 2 amide bonds. The number of hydrogen-bond donors (Lipinski definition) is 2. The predicted octanol–water partition coefficient (Wildman–Crippen LogP) is 4.05. The Hall–Kier alpha value is -2.53. The molecular formula is C19H20N2O2S. The van der Waals surface area contributed by atoms with Crippen LogP contribution in [0.5, 0.6) is 5.75 Å². The molecule has 0 unspecified atom stereocenters. The van der Waals surface area contributed by atoms with Crippen molar-refractivity contribution < 1.29 is 9.53 Å². The Morgan fingerprint density at radius 3 is 2.75 bits per heavy atom. The lowest BCUT2D eigenvalue weighted by Crippen LogP contribution is -2.34. The average molecular weight is 340 g/mol. The maximum atomic E-state index is 11.4. The molecule has 0 aliphatic rings. The molecule has 1 aromatic heterocycles. The summed E-state index contributed by atoms with van der Waals surface area (Å²) in [6.07, 6.45) is 0.755. The van der Waals surface area contributed by atoms with E-state index in [4.69, 9.17) is 4.74 Å². The second kappa shape index (κ2) is 7.36. The van der Waals surface area contributed by atoms with Crippen LogP contribution in [0.3, 0.4) is 0 Å². The fourth-order valence-electron chi connectivity index (χ4n) is 2.81. The topological polar surface area (TPSA) is 50.4 Å². The van der Waals surface area contributed by atoms with Gasteiger partial charge in [-0.05, 0) is 51.9 Å². The molecule has 3 aromatic rings. The molecule has 0 saturated carbocycles. The van der Waals surface area contributed by atoms with Gasteiger partial charge < -0.3 is 15.4 Å². The van der Waals surface area contributed by atoms with E-state index in [1.54, 1.807) is 25.5 Å². The summed E-state index contributed by atoms with van der Waals surface area (Å²) >= 11 is 1.72. The van der Waals surface area contributed by atoms with E-state index in [0.29, 0.717) is 6.54 Å². The molecule has 24 heavy (non-hydrogen) atoms. The SMILES string of the molecule is CNC(=O)NCCc1c(-c2cccs2)ccc2ccc(OC)cc12. The van der Waals surface area contributed by atoms with Crippen LogP contribution in [0.4, 0.5) is 4.79 Å². The molecule has 0 spiro atoms. The molecule has 0 aliphatic heterocycles. The molecule has 0 saturated heterocycles. The lowest BCUT2D eigenvalue weighted by Gasteiger charge is -2.14. The second-order valence-electron chi connectivity index (χ2n) is 5.41. The Morgan fingerprint density at radius 2 is 2.04 bits per heavy atom. The first-order chi connectivity index (χ1) is 11.7. The van der Waals surface area contributed by atoms with E-state index >= 15 is 0 Å². The lowest BCUT2D eigenvalue weighted by atomic mass is 9.95. The number of urea groups is 1. The van der Waals surface area contributed by atoms with Gasteiger partial charge in [-0.3, -0.25) is 0 Å². The fourth-order valence-corrected chi connectivity index (χ4v) is 3.59. The maximum absolute atomic E-state index is 11.4. The van der Waals surface area contributed by atoms with Crippen molar-refractivity contribution in [1.82, 2.24) is 10.6 Å². The number of amides is 2. The van der Waals surface area contributed by atoms with E-state index in [0.717, 1.165) is 12.2 Å². The van der Waals surface area contributed by atoms with Gasteiger partial charge in [-0.2, -0.15) is 0 Å². The predicted molar refractivity (Wildman–Crippen MR) is 100.0 cm³/mol. The number of methoxy groups -OCH3 is 1. The summed E-state index contributed by atoms with van der Waals surface area (Å²) in [4.78, 5) is 12.7. The number of thiophene rings is 1. The summed E-state index contributed by atoms with van der Waals surface area (Å²) in [6.45, 7) is 0.578. The molecule has 4 nitrogen and oxygen atoms in total. The lowest BCUT2D eigenvalue weighted by molar-refractivity contribution is 0.243. The molecule has 0 bridgehead atoms. The van der Waals surface area contributed by atoms with Crippen molar-refractivity contribution in [1.29, 1.82) is 0 Å². The van der Waals surface area contributed by atoms with E-state index in [1.165, 1.54) is 26.8 Å². The van der Waals surface area contributed by atoms with Crippen molar-refractivity contribution in [3.8, 4) is 16.2 Å². The van der Waals surface area contributed by atoms with Crippen LogP contribution < -0.4 is 15.4 Å². The van der Waals surface area contributed by atoms with Crippen LogP contribution in [0.15, 0.2) is 47.8 Å². The molecule has 2 N–H and O–H groups in total. The summed E-state index contributed by atoms with van der Waals surface area (Å²) in [5.74, 6) is 0.839. The number of rotatable bonds is 5. The van der Waals surface area contributed by atoms with Crippen LogP contribution in [0, 0.1) is 0 Å². The van der Waals surface area contributed by atoms with Gasteiger partial charge in [0.1, 0.15) is 5.75 Å². The smallest absolute Gasteiger partial charge is 0.314 e. The van der Waals surface area contributed by atoms with Gasteiger partial charge in [0, 0.05) is 18.5 Å². The van der Waals surface area contributed by atoms with Gasteiger partial charge in [-0.1, -0.05) is 24.3 Å². The number of ether oxygens (including phenoxy) is 1. The van der Waals surface area contributed by atoms with Crippen LogP contribution in [0.1, 0.15) is 5.56 Å². The Balaban J connectivity index is 2.05. The van der Waals surface area contributed by atoms with Crippen LogP contribution in [-0.4, -0.2) is 26.7 Å². The Bertz CT molecular complexity index is 844. The molecular weight excluding hydrogens is 320 g/mol. The van der Waals surface area contributed by atoms with Crippen LogP contribution in [0.25, 0.3) is 21.2 Å². The van der Waals surface area contributed by atoms with E-state index in [9.17, 15) is 4.79 Å². The third-order valence-electron chi connectivity index (χ3n) is 4.01. The van der Waals surface area contributed by atoms with Gasteiger partial charge >= 0.3 is 6.03 Å². The van der Waals surface area contributed by atoms with Crippen molar-refractivity contribution in [2.45, 2.75) is 6.42 Å². The second-order valence-corrected chi connectivity index (χ2v) is 6.36. The van der Waals surface area contributed by atoms with Crippen LogP contribution in [-0.2, 0) is 6.42 Å². The molecule has 2 aromatic carbocycles. The van der Waals surface area contributed by atoms with Crippen molar-refractivity contribution >= 4 is 28.1 Å². The van der Waals surface area contributed by atoms with Crippen molar-refractivity contribution in [3.05, 3.63) is 53.4 Å². The highest BCUT2D eigenvalue weighted by atomic mass is 32.1. The van der Waals surface area contributed by atoms with Gasteiger partial charge in [0.05, 0.1) is 7.11 Å². The number of fused-ring (bicyclic) bond motifs is 1. The summed E-state index contributed by atoms with van der Waals surface area (Å²) < 4.78 is 5.39. The quantitative estimate of drug-likeness (QED) is 0.736. The Morgan fingerprint density at radius 1 is 1.21 bits per heavy atom. The minimum atomic E-state index is -0.162. The molecule has 5 heteroatoms. The highest BCUT2D eigenvalue weighted by Gasteiger charge is 2.12. The van der Waals surface area contributed by atoms with Gasteiger partial charge in [0.25, 0.3) is 0 Å². The van der Waals surface area contributed by atoms with Crippen LogP contribution >= 0.6 is 11.3 Å². The van der Waals surface area contributed by atoms with E-state index in [1.807, 2.05) is 6.07 Å². The van der Waals surface area contributed by atoms with Gasteiger partial charge in [0.15, 0.2) is 0 Å². The molecule has 0 fully saturated rings.